The Morgan fingerprint density at radius 3 is 2.61 bits per heavy atom. The van der Waals surface area contributed by atoms with Gasteiger partial charge in [0.1, 0.15) is 0 Å². The van der Waals surface area contributed by atoms with Crippen LogP contribution in [0.4, 0.5) is 5.69 Å². The lowest BCUT2D eigenvalue weighted by molar-refractivity contribution is -0.114. The maximum atomic E-state index is 11.7. The average molecular weight is 292 g/mol. The summed E-state index contributed by atoms with van der Waals surface area (Å²) in [6.45, 7) is 2.17. The monoisotopic (exact) mass is 291 g/mol. The highest BCUT2D eigenvalue weighted by molar-refractivity contribution is 6.31. The molecule has 4 N–H and O–H groups in total. The highest BCUT2D eigenvalue weighted by Crippen LogP contribution is 2.21. The second kappa shape index (κ2) is 7.92. The van der Waals surface area contributed by atoms with Crippen molar-refractivity contribution in [3.63, 3.8) is 0 Å². The Morgan fingerprint density at radius 1 is 1.39 bits per heavy atom. The highest BCUT2D eigenvalue weighted by Gasteiger charge is 2.12. The number of nitrogens with two attached hydrogens (primary N) is 1. The van der Waals surface area contributed by atoms with Gasteiger partial charge in [-0.15, -0.1) is 12.4 Å². The molecule has 1 aromatic rings. The van der Waals surface area contributed by atoms with Crippen molar-refractivity contribution in [1.82, 2.24) is 5.32 Å². The van der Waals surface area contributed by atoms with E-state index in [9.17, 15) is 9.59 Å². The summed E-state index contributed by atoms with van der Waals surface area (Å²) in [5, 5.41) is 5.62. The molecule has 18 heavy (non-hydrogen) atoms. The molecule has 1 aromatic carbocycles. The molecule has 0 heterocycles. The van der Waals surface area contributed by atoms with Crippen molar-refractivity contribution in [2.45, 2.75) is 6.92 Å². The molecule has 1 rings (SSSR count). The Hall–Kier alpha value is -1.30. The number of amides is 2. The van der Waals surface area contributed by atoms with Gasteiger partial charge in [-0.3, -0.25) is 9.59 Å². The minimum absolute atomic E-state index is 0. The van der Waals surface area contributed by atoms with Gasteiger partial charge in [-0.25, -0.2) is 0 Å². The third-order valence-corrected chi connectivity index (χ3v) is 2.26. The lowest BCUT2D eigenvalue weighted by Crippen LogP contribution is -2.27. The van der Waals surface area contributed by atoms with E-state index in [0.29, 0.717) is 22.8 Å². The summed E-state index contributed by atoms with van der Waals surface area (Å²) >= 11 is 5.81. The topological polar surface area (TPSA) is 84.2 Å². The van der Waals surface area contributed by atoms with Gasteiger partial charge in [0.15, 0.2) is 0 Å². The Morgan fingerprint density at radius 2 is 2.06 bits per heavy atom. The lowest BCUT2D eigenvalue weighted by atomic mass is 10.1. The van der Waals surface area contributed by atoms with Gasteiger partial charge in [0.05, 0.1) is 17.8 Å². The summed E-state index contributed by atoms with van der Waals surface area (Å²) in [6, 6.07) is 4.66. The fourth-order valence-corrected chi connectivity index (χ4v) is 1.45. The van der Waals surface area contributed by atoms with E-state index in [1.165, 1.54) is 6.07 Å². The summed E-state index contributed by atoms with van der Waals surface area (Å²) < 4.78 is 0. The minimum atomic E-state index is -0.377. The quantitative estimate of drug-likeness (QED) is 0.784. The molecule has 7 heteroatoms. The normalized spacial score (nSPS) is 9.28. The number of carbonyl (C=O) groups excluding carboxylic acids is 2. The van der Waals surface area contributed by atoms with Gasteiger partial charge >= 0.3 is 0 Å². The standard InChI is InChI=1S/C11H14ClN3O2.ClH/c1-2-14-11(17)8-4-3-7(12)5-9(8)15-10(16)6-13;/h3-5H,2,6,13H2,1H3,(H,14,17)(H,15,16);1H. The van der Waals surface area contributed by atoms with Crippen LogP contribution in [0.15, 0.2) is 18.2 Å². The first-order chi connectivity index (χ1) is 8.08. The van der Waals surface area contributed by atoms with Crippen molar-refractivity contribution in [2.75, 3.05) is 18.4 Å². The lowest BCUT2D eigenvalue weighted by Gasteiger charge is -2.10. The van der Waals surface area contributed by atoms with Crippen molar-refractivity contribution in [1.29, 1.82) is 0 Å². The molecule has 0 saturated heterocycles. The number of nitrogens with one attached hydrogen (secondary N) is 2. The molecule has 0 saturated carbocycles. The number of halogens is 2. The molecule has 0 aliphatic heterocycles. The molecule has 0 aliphatic carbocycles. The molecular formula is C11H15Cl2N3O2. The van der Waals surface area contributed by atoms with E-state index in [0.717, 1.165) is 0 Å². The predicted molar refractivity (Wildman–Crippen MR) is 74.4 cm³/mol. The summed E-state index contributed by atoms with van der Waals surface area (Å²) in [5.74, 6) is -0.644. The number of rotatable bonds is 4. The van der Waals surface area contributed by atoms with Gasteiger partial charge in [-0.1, -0.05) is 11.6 Å². The van der Waals surface area contributed by atoms with Crippen LogP contribution in [0.3, 0.4) is 0 Å². The number of benzene rings is 1. The molecule has 0 radical (unpaired) electrons. The molecule has 0 unspecified atom stereocenters. The fraction of sp³-hybridized carbons (Fsp3) is 0.273. The van der Waals surface area contributed by atoms with E-state index in [1.807, 2.05) is 6.92 Å². The number of hydrogen-bond donors (Lipinski definition) is 3. The van der Waals surface area contributed by atoms with Crippen LogP contribution in [0.2, 0.25) is 5.02 Å². The molecule has 0 fully saturated rings. The van der Waals surface area contributed by atoms with Gasteiger partial charge in [0.25, 0.3) is 5.91 Å². The van der Waals surface area contributed by atoms with E-state index in [1.54, 1.807) is 12.1 Å². The van der Waals surface area contributed by atoms with E-state index < -0.39 is 0 Å². The number of anilines is 1. The predicted octanol–water partition coefficient (Wildman–Crippen LogP) is 1.41. The highest BCUT2D eigenvalue weighted by atomic mass is 35.5. The Balaban J connectivity index is 0.00000289. The van der Waals surface area contributed by atoms with Gasteiger partial charge in [-0.05, 0) is 25.1 Å². The van der Waals surface area contributed by atoms with Crippen LogP contribution in [0, 0.1) is 0 Å². The molecule has 0 atom stereocenters. The summed E-state index contributed by atoms with van der Waals surface area (Å²) in [7, 11) is 0. The fourth-order valence-electron chi connectivity index (χ4n) is 1.27. The van der Waals surface area contributed by atoms with Crippen LogP contribution in [-0.2, 0) is 4.79 Å². The molecule has 0 bridgehead atoms. The molecule has 0 aromatic heterocycles. The molecule has 2 amide bonds. The molecule has 5 nitrogen and oxygen atoms in total. The zero-order valence-electron chi connectivity index (χ0n) is 9.83. The molecular weight excluding hydrogens is 277 g/mol. The minimum Gasteiger partial charge on any atom is -0.352 e. The van der Waals surface area contributed by atoms with E-state index in [4.69, 9.17) is 17.3 Å². The van der Waals surface area contributed by atoms with E-state index in [2.05, 4.69) is 10.6 Å². The van der Waals surface area contributed by atoms with Crippen molar-refractivity contribution >= 4 is 41.5 Å². The van der Waals surface area contributed by atoms with Gasteiger partial charge in [0.2, 0.25) is 5.91 Å². The van der Waals surface area contributed by atoms with Gasteiger partial charge in [0, 0.05) is 11.6 Å². The van der Waals surface area contributed by atoms with Crippen molar-refractivity contribution in [3.8, 4) is 0 Å². The maximum absolute atomic E-state index is 11.7. The number of carbonyl (C=O) groups is 2. The second-order valence-electron chi connectivity index (χ2n) is 3.30. The van der Waals surface area contributed by atoms with Crippen LogP contribution in [0.5, 0.6) is 0 Å². The SMILES string of the molecule is CCNC(=O)c1ccc(Cl)cc1NC(=O)CN.Cl. The maximum Gasteiger partial charge on any atom is 0.253 e. The summed E-state index contributed by atoms with van der Waals surface area (Å²) in [6.07, 6.45) is 0. The second-order valence-corrected chi connectivity index (χ2v) is 3.74. The smallest absolute Gasteiger partial charge is 0.253 e. The molecule has 100 valence electrons. The van der Waals surface area contributed by atoms with Crippen molar-refractivity contribution in [3.05, 3.63) is 28.8 Å². The Kier molecular flexibility index (Phi) is 7.35. The van der Waals surface area contributed by atoms with Crippen LogP contribution in [0.1, 0.15) is 17.3 Å². The van der Waals surface area contributed by atoms with Crippen molar-refractivity contribution in [2.24, 2.45) is 5.73 Å². The zero-order valence-corrected chi connectivity index (χ0v) is 11.4. The van der Waals surface area contributed by atoms with Crippen LogP contribution in [-0.4, -0.2) is 24.9 Å². The van der Waals surface area contributed by atoms with E-state index in [-0.39, 0.29) is 30.8 Å². The third-order valence-electron chi connectivity index (χ3n) is 2.02. The van der Waals surface area contributed by atoms with Crippen molar-refractivity contribution < 1.29 is 9.59 Å². The first-order valence-electron chi connectivity index (χ1n) is 5.16. The Bertz CT molecular complexity index is 438. The van der Waals surface area contributed by atoms with Crippen LogP contribution < -0.4 is 16.4 Å². The first kappa shape index (κ1) is 16.7. The third kappa shape index (κ3) is 4.52. The number of hydrogen-bond acceptors (Lipinski definition) is 3. The average Bonchev–Trinajstić information content (AvgIpc) is 2.29. The van der Waals surface area contributed by atoms with Gasteiger partial charge in [-0.2, -0.15) is 0 Å². The van der Waals surface area contributed by atoms with Crippen LogP contribution in [0.25, 0.3) is 0 Å². The largest absolute Gasteiger partial charge is 0.352 e. The zero-order chi connectivity index (χ0) is 12.8. The molecule has 0 aliphatic rings. The summed E-state index contributed by atoms with van der Waals surface area (Å²) in [4.78, 5) is 22.9. The van der Waals surface area contributed by atoms with E-state index >= 15 is 0 Å². The van der Waals surface area contributed by atoms with Crippen LogP contribution >= 0.6 is 24.0 Å². The Labute approximate surface area is 116 Å². The van der Waals surface area contributed by atoms with Gasteiger partial charge < -0.3 is 16.4 Å². The first-order valence-corrected chi connectivity index (χ1v) is 5.54. The summed E-state index contributed by atoms with van der Waals surface area (Å²) in [5.41, 5.74) is 5.92. The molecule has 0 spiro atoms.